The van der Waals surface area contributed by atoms with Crippen molar-refractivity contribution in [3.05, 3.63) is 71.2 Å². The molecule has 106 valence electrons. The predicted octanol–water partition coefficient (Wildman–Crippen LogP) is 4.79. The lowest BCUT2D eigenvalue weighted by Gasteiger charge is -2.09. The van der Waals surface area contributed by atoms with E-state index in [0.717, 1.165) is 28.9 Å². The third-order valence-corrected chi connectivity index (χ3v) is 3.75. The first-order valence-corrected chi connectivity index (χ1v) is 7.29. The van der Waals surface area contributed by atoms with E-state index >= 15 is 0 Å². The van der Waals surface area contributed by atoms with Crippen LogP contribution in [0, 0.1) is 0 Å². The second-order valence-corrected chi connectivity index (χ2v) is 5.31. The first kappa shape index (κ1) is 13.9. The van der Waals surface area contributed by atoms with E-state index in [1.807, 2.05) is 42.5 Å². The summed E-state index contributed by atoms with van der Waals surface area (Å²) in [6, 6.07) is 20.0. The van der Waals surface area contributed by atoms with Crippen molar-refractivity contribution in [3.63, 3.8) is 0 Å². The molecule has 0 saturated heterocycles. The van der Waals surface area contributed by atoms with Gasteiger partial charge < -0.3 is 10.5 Å². The van der Waals surface area contributed by atoms with Crippen LogP contribution >= 0.6 is 11.6 Å². The maximum Gasteiger partial charge on any atom is 0.128 e. The van der Waals surface area contributed by atoms with Crippen molar-refractivity contribution in [3.8, 4) is 11.5 Å². The van der Waals surface area contributed by atoms with Crippen LogP contribution in [0.15, 0.2) is 60.7 Å². The number of hydrogen-bond donors (Lipinski definition) is 1. The molecule has 0 saturated carbocycles. The van der Waals surface area contributed by atoms with Gasteiger partial charge in [-0.25, -0.2) is 0 Å². The predicted molar refractivity (Wildman–Crippen MR) is 88.2 cm³/mol. The van der Waals surface area contributed by atoms with Gasteiger partial charge in [0, 0.05) is 5.02 Å². The molecule has 0 radical (unpaired) electrons. The third kappa shape index (κ3) is 3.18. The summed E-state index contributed by atoms with van der Waals surface area (Å²) in [4.78, 5) is 0. The van der Waals surface area contributed by atoms with Crippen LogP contribution in [-0.2, 0) is 6.42 Å². The SMILES string of the molecule is NCCc1ccc(Oc2ccc3ccccc3c2)cc1Cl. The molecule has 3 aromatic carbocycles. The molecule has 0 heterocycles. The number of halogens is 1. The van der Waals surface area contributed by atoms with E-state index in [1.54, 1.807) is 0 Å². The van der Waals surface area contributed by atoms with Crippen molar-refractivity contribution in [2.45, 2.75) is 6.42 Å². The highest BCUT2D eigenvalue weighted by Gasteiger charge is 2.04. The average molecular weight is 298 g/mol. The molecule has 2 nitrogen and oxygen atoms in total. The minimum atomic E-state index is 0.588. The van der Waals surface area contributed by atoms with Gasteiger partial charge in [-0.1, -0.05) is 48.0 Å². The van der Waals surface area contributed by atoms with Gasteiger partial charge in [0.1, 0.15) is 11.5 Å². The highest BCUT2D eigenvalue weighted by molar-refractivity contribution is 6.31. The summed E-state index contributed by atoms with van der Waals surface area (Å²) < 4.78 is 5.88. The Morgan fingerprint density at radius 1 is 0.857 bits per heavy atom. The van der Waals surface area contributed by atoms with Crippen LogP contribution in [0.1, 0.15) is 5.56 Å². The van der Waals surface area contributed by atoms with E-state index in [0.29, 0.717) is 11.6 Å². The van der Waals surface area contributed by atoms with Gasteiger partial charge in [-0.3, -0.25) is 0 Å². The molecule has 0 atom stereocenters. The van der Waals surface area contributed by atoms with Crippen LogP contribution in [0.25, 0.3) is 10.8 Å². The zero-order valence-corrected chi connectivity index (χ0v) is 12.3. The van der Waals surface area contributed by atoms with Gasteiger partial charge in [0.2, 0.25) is 0 Å². The maximum atomic E-state index is 6.23. The fraction of sp³-hybridized carbons (Fsp3) is 0.111. The van der Waals surface area contributed by atoms with E-state index in [1.165, 1.54) is 5.39 Å². The molecule has 0 bridgehead atoms. The average Bonchev–Trinajstić information content (AvgIpc) is 2.50. The molecule has 2 N–H and O–H groups in total. The van der Waals surface area contributed by atoms with E-state index in [4.69, 9.17) is 22.1 Å². The Bertz CT molecular complexity index is 770. The van der Waals surface area contributed by atoms with Crippen LogP contribution in [0.2, 0.25) is 5.02 Å². The van der Waals surface area contributed by atoms with Gasteiger partial charge in [0.25, 0.3) is 0 Å². The van der Waals surface area contributed by atoms with Crippen molar-refractivity contribution in [2.24, 2.45) is 5.73 Å². The van der Waals surface area contributed by atoms with Gasteiger partial charge in [0.05, 0.1) is 0 Å². The molecular weight excluding hydrogens is 282 g/mol. The fourth-order valence-corrected chi connectivity index (χ4v) is 2.58. The van der Waals surface area contributed by atoms with Crippen LogP contribution in [0.3, 0.4) is 0 Å². The first-order valence-electron chi connectivity index (χ1n) is 6.91. The summed E-state index contributed by atoms with van der Waals surface area (Å²) in [5, 5.41) is 3.04. The molecule has 3 rings (SSSR count). The van der Waals surface area contributed by atoms with Crippen molar-refractivity contribution in [2.75, 3.05) is 6.54 Å². The van der Waals surface area contributed by atoms with Crippen molar-refractivity contribution < 1.29 is 4.74 Å². The molecule has 0 aliphatic carbocycles. The summed E-state index contributed by atoms with van der Waals surface area (Å²) in [5.41, 5.74) is 6.60. The molecule has 0 spiro atoms. The van der Waals surface area contributed by atoms with Gasteiger partial charge in [-0.05, 0) is 53.6 Å². The lowest BCUT2D eigenvalue weighted by molar-refractivity contribution is 0.483. The van der Waals surface area contributed by atoms with E-state index in [9.17, 15) is 0 Å². The highest BCUT2D eigenvalue weighted by Crippen LogP contribution is 2.29. The summed E-state index contributed by atoms with van der Waals surface area (Å²) in [7, 11) is 0. The Kier molecular flexibility index (Phi) is 4.09. The third-order valence-electron chi connectivity index (χ3n) is 3.39. The molecule has 3 aromatic rings. The van der Waals surface area contributed by atoms with Gasteiger partial charge in [0.15, 0.2) is 0 Å². The van der Waals surface area contributed by atoms with Crippen LogP contribution in [-0.4, -0.2) is 6.54 Å². The highest BCUT2D eigenvalue weighted by atomic mass is 35.5. The van der Waals surface area contributed by atoms with Gasteiger partial charge in [-0.2, -0.15) is 0 Å². The van der Waals surface area contributed by atoms with Crippen molar-refractivity contribution >= 4 is 22.4 Å². The van der Waals surface area contributed by atoms with Crippen LogP contribution in [0.5, 0.6) is 11.5 Å². The largest absolute Gasteiger partial charge is 0.457 e. The molecule has 0 amide bonds. The number of fused-ring (bicyclic) bond motifs is 1. The molecule has 3 heteroatoms. The topological polar surface area (TPSA) is 35.2 Å². The zero-order valence-electron chi connectivity index (χ0n) is 11.6. The van der Waals surface area contributed by atoms with Crippen molar-refractivity contribution in [1.29, 1.82) is 0 Å². The molecule has 21 heavy (non-hydrogen) atoms. The number of ether oxygens (including phenoxy) is 1. The fourth-order valence-electron chi connectivity index (χ4n) is 2.32. The standard InChI is InChI=1S/C18H16ClNO/c19-18-12-17(8-6-14(18)9-10-20)21-16-7-5-13-3-1-2-4-15(13)11-16/h1-8,11-12H,9-10,20H2. The monoisotopic (exact) mass is 297 g/mol. The molecule has 0 aromatic heterocycles. The van der Waals surface area contributed by atoms with E-state index in [2.05, 4.69) is 18.2 Å². The molecule has 0 aliphatic rings. The molecule has 0 unspecified atom stereocenters. The Hall–Kier alpha value is -2.03. The first-order chi connectivity index (χ1) is 10.3. The minimum absolute atomic E-state index is 0.588. The second kappa shape index (κ2) is 6.17. The van der Waals surface area contributed by atoms with Gasteiger partial charge in [-0.15, -0.1) is 0 Å². The lowest BCUT2D eigenvalue weighted by Crippen LogP contribution is -2.03. The Morgan fingerprint density at radius 3 is 2.33 bits per heavy atom. The van der Waals surface area contributed by atoms with E-state index in [-0.39, 0.29) is 0 Å². The Balaban J connectivity index is 1.86. The molecule has 0 aliphatic heterocycles. The number of rotatable bonds is 4. The normalized spacial score (nSPS) is 10.8. The number of hydrogen-bond acceptors (Lipinski definition) is 2. The number of benzene rings is 3. The quantitative estimate of drug-likeness (QED) is 0.751. The maximum absolute atomic E-state index is 6.23. The Morgan fingerprint density at radius 2 is 1.57 bits per heavy atom. The van der Waals surface area contributed by atoms with Crippen molar-refractivity contribution in [1.82, 2.24) is 0 Å². The smallest absolute Gasteiger partial charge is 0.128 e. The van der Waals surface area contributed by atoms with Gasteiger partial charge >= 0.3 is 0 Å². The summed E-state index contributed by atoms with van der Waals surface area (Å²) >= 11 is 6.23. The summed E-state index contributed by atoms with van der Waals surface area (Å²) in [5.74, 6) is 1.53. The van der Waals surface area contributed by atoms with Crippen LogP contribution in [0.4, 0.5) is 0 Å². The Labute approximate surface area is 129 Å². The summed E-state index contributed by atoms with van der Waals surface area (Å²) in [6.45, 7) is 0.588. The zero-order chi connectivity index (χ0) is 14.7. The lowest BCUT2D eigenvalue weighted by atomic mass is 10.1. The second-order valence-electron chi connectivity index (χ2n) is 4.90. The summed E-state index contributed by atoms with van der Waals surface area (Å²) in [6.07, 6.45) is 0.773. The number of nitrogens with two attached hydrogens (primary N) is 1. The van der Waals surface area contributed by atoms with Crippen LogP contribution < -0.4 is 10.5 Å². The van der Waals surface area contributed by atoms with E-state index < -0.39 is 0 Å². The molecular formula is C18H16ClNO. The molecule has 0 fully saturated rings. The minimum Gasteiger partial charge on any atom is -0.457 e.